The summed E-state index contributed by atoms with van der Waals surface area (Å²) in [6, 6.07) is 0. The fraction of sp³-hybridized carbons (Fsp3) is 0.643. The summed E-state index contributed by atoms with van der Waals surface area (Å²) in [7, 11) is 0. The van der Waals surface area contributed by atoms with E-state index in [0.29, 0.717) is 24.9 Å². The zero-order chi connectivity index (χ0) is 13.9. The fourth-order valence-corrected chi connectivity index (χ4v) is 2.78. The lowest BCUT2D eigenvalue weighted by atomic mass is 9.96. The van der Waals surface area contributed by atoms with Crippen LogP contribution in [0.3, 0.4) is 0 Å². The molecule has 1 atom stereocenters. The number of piperidine rings is 1. The van der Waals surface area contributed by atoms with Crippen molar-refractivity contribution in [2.75, 3.05) is 19.7 Å². The third kappa shape index (κ3) is 2.69. The van der Waals surface area contributed by atoms with Crippen molar-refractivity contribution < 1.29 is 14.1 Å². The van der Waals surface area contributed by atoms with Crippen molar-refractivity contribution >= 4 is 5.91 Å². The van der Waals surface area contributed by atoms with Crippen LogP contribution in [0, 0.1) is 6.92 Å². The van der Waals surface area contributed by atoms with Gasteiger partial charge in [-0.1, -0.05) is 5.16 Å². The highest BCUT2D eigenvalue weighted by molar-refractivity contribution is 5.93. The van der Waals surface area contributed by atoms with Gasteiger partial charge in [0.1, 0.15) is 0 Å². The van der Waals surface area contributed by atoms with Crippen LogP contribution in [-0.4, -0.2) is 40.6 Å². The second kappa shape index (κ2) is 5.64. The van der Waals surface area contributed by atoms with Crippen LogP contribution in [-0.2, 0) is 9.53 Å². The van der Waals surface area contributed by atoms with Gasteiger partial charge in [0.15, 0.2) is 5.82 Å². The van der Waals surface area contributed by atoms with Crippen molar-refractivity contribution in [3.63, 3.8) is 0 Å². The molecule has 0 unspecified atom stereocenters. The lowest BCUT2D eigenvalue weighted by molar-refractivity contribution is -0.128. The monoisotopic (exact) mass is 277 g/mol. The summed E-state index contributed by atoms with van der Waals surface area (Å²) in [6.07, 6.45) is 5.31. The third-order valence-corrected chi connectivity index (χ3v) is 3.83. The molecular formula is C14H19N3O3. The van der Waals surface area contributed by atoms with Gasteiger partial charge in [0.05, 0.1) is 18.4 Å². The van der Waals surface area contributed by atoms with Crippen molar-refractivity contribution in [1.82, 2.24) is 15.0 Å². The summed E-state index contributed by atoms with van der Waals surface area (Å²) in [5, 5.41) is 3.98. The van der Waals surface area contributed by atoms with Crippen molar-refractivity contribution in [2.24, 2.45) is 0 Å². The van der Waals surface area contributed by atoms with Gasteiger partial charge in [0, 0.05) is 25.9 Å². The molecule has 2 aliphatic heterocycles. The van der Waals surface area contributed by atoms with E-state index in [9.17, 15) is 4.79 Å². The van der Waals surface area contributed by atoms with E-state index in [4.69, 9.17) is 9.26 Å². The number of aromatic nitrogens is 2. The van der Waals surface area contributed by atoms with Gasteiger partial charge in [-0.3, -0.25) is 4.79 Å². The van der Waals surface area contributed by atoms with Crippen molar-refractivity contribution in [3.05, 3.63) is 23.6 Å². The number of hydrogen-bond acceptors (Lipinski definition) is 5. The molecular weight excluding hydrogens is 258 g/mol. The molecule has 0 aromatic carbocycles. The maximum atomic E-state index is 12.4. The van der Waals surface area contributed by atoms with E-state index < -0.39 is 0 Å². The van der Waals surface area contributed by atoms with Gasteiger partial charge >= 0.3 is 0 Å². The summed E-state index contributed by atoms with van der Waals surface area (Å²) in [4.78, 5) is 18.6. The number of amides is 1. The lowest BCUT2D eigenvalue weighted by Crippen LogP contribution is -2.40. The number of ether oxygens (including phenoxy) is 1. The van der Waals surface area contributed by atoms with Crippen LogP contribution in [0.1, 0.15) is 43.3 Å². The van der Waals surface area contributed by atoms with Gasteiger partial charge in [-0.05, 0) is 25.7 Å². The summed E-state index contributed by atoms with van der Waals surface area (Å²) >= 11 is 0. The Morgan fingerprint density at radius 3 is 3.05 bits per heavy atom. The molecule has 20 heavy (non-hydrogen) atoms. The zero-order valence-corrected chi connectivity index (χ0v) is 11.7. The maximum Gasteiger partial charge on any atom is 0.252 e. The first-order chi connectivity index (χ1) is 9.74. The Kier molecular flexibility index (Phi) is 3.71. The largest absolute Gasteiger partial charge is 0.501 e. The molecule has 2 aliphatic rings. The molecule has 1 aromatic heterocycles. The Morgan fingerprint density at radius 1 is 1.45 bits per heavy atom. The Hall–Kier alpha value is -1.85. The standard InChI is InChI=1S/C14H19N3O3/c1-10-15-13(16-20-10)11-4-2-6-17(8-11)14(18)12-5-3-7-19-9-12/h9,11H,2-8H2,1H3/t11-/m1/s1. The Bertz CT molecular complexity index is 523. The van der Waals surface area contributed by atoms with E-state index in [2.05, 4.69) is 10.1 Å². The average molecular weight is 277 g/mol. The summed E-state index contributed by atoms with van der Waals surface area (Å²) in [6.45, 7) is 3.95. The first-order valence-corrected chi connectivity index (χ1v) is 7.14. The van der Waals surface area contributed by atoms with Crippen molar-refractivity contribution in [1.29, 1.82) is 0 Å². The van der Waals surface area contributed by atoms with Crippen LogP contribution in [0.15, 0.2) is 16.4 Å². The normalized spacial score (nSPS) is 23.1. The first kappa shape index (κ1) is 13.1. The number of carbonyl (C=O) groups excluding carboxylic acids is 1. The van der Waals surface area contributed by atoms with Gasteiger partial charge in [-0.2, -0.15) is 4.98 Å². The molecule has 0 N–H and O–H groups in total. The highest BCUT2D eigenvalue weighted by atomic mass is 16.5. The molecule has 1 saturated heterocycles. The zero-order valence-electron chi connectivity index (χ0n) is 11.7. The lowest BCUT2D eigenvalue weighted by Gasteiger charge is -2.32. The van der Waals surface area contributed by atoms with Gasteiger partial charge in [-0.25, -0.2) is 0 Å². The van der Waals surface area contributed by atoms with Gasteiger partial charge in [0.2, 0.25) is 5.89 Å². The molecule has 1 amide bonds. The molecule has 3 rings (SSSR count). The predicted molar refractivity (Wildman–Crippen MR) is 70.9 cm³/mol. The topological polar surface area (TPSA) is 68.5 Å². The number of hydrogen-bond donors (Lipinski definition) is 0. The molecule has 0 aliphatic carbocycles. The average Bonchev–Trinajstić information content (AvgIpc) is 2.94. The number of nitrogens with zero attached hydrogens (tertiary/aromatic N) is 3. The minimum atomic E-state index is 0.0922. The molecule has 3 heterocycles. The van der Waals surface area contributed by atoms with E-state index in [1.807, 2.05) is 4.90 Å². The summed E-state index contributed by atoms with van der Waals surface area (Å²) < 4.78 is 10.3. The first-order valence-electron chi connectivity index (χ1n) is 7.14. The van der Waals surface area contributed by atoms with Gasteiger partial charge in [-0.15, -0.1) is 0 Å². The molecule has 6 heteroatoms. The highest BCUT2D eigenvalue weighted by Crippen LogP contribution is 2.26. The molecule has 0 saturated carbocycles. The van der Waals surface area contributed by atoms with Crippen LogP contribution in [0.4, 0.5) is 0 Å². The van der Waals surface area contributed by atoms with Crippen LogP contribution in [0.2, 0.25) is 0 Å². The van der Waals surface area contributed by atoms with Crippen LogP contribution in [0.5, 0.6) is 0 Å². The van der Waals surface area contributed by atoms with Crippen LogP contribution < -0.4 is 0 Å². The number of aryl methyl sites for hydroxylation is 1. The molecule has 0 radical (unpaired) electrons. The van der Waals surface area contributed by atoms with Crippen LogP contribution >= 0.6 is 0 Å². The van der Waals surface area contributed by atoms with Gasteiger partial charge in [0.25, 0.3) is 5.91 Å². The second-order valence-corrected chi connectivity index (χ2v) is 5.38. The van der Waals surface area contributed by atoms with E-state index in [0.717, 1.165) is 37.8 Å². The Morgan fingerprint density at radius 2 is 2.35 bits per heavy atom. The van der Waals surface area contributed by atoms with E-state index in [-0.39, 0.29) is 11.8 Å². The summed E-state index contributed by atoms with van der Waals surface area (Å²) in [5.41, 5.74) is 0.779. The Labute approximate surface area is 117 Å². The van der Waals surface area contributed by atoms with Gasteiger partial charge < -0.3 is 14.2 Å². The Balaban J connectivity index is 1.68. The molecule has 0 spiro atoms. The number of rotatable bonds is 2. The quantitative estimate of drug-likeness (QED) is 0.824. The van der Waals surface area contributed by atoms with Crippen LogP contribution in [0.25, 0.3) is 0 Å². The minimum Gasteiger partial charge on any atom is -0.501 e. The second-order valence-electron chi connectivity index (χ2n) is 5.38. The fourth-order valence-electron chi connectivity index (χ4n) is 2.78. The maximum absolute atomic E-state index is 12.4. The number of likely N-dealkylation sites (tertiary alicyclic amines) is 1. The SMILES string of the molecule is Cc1nc([C@@H]2CCCN(C(=O)C3=COCCC3)C2)no1. The molecule has 6 nitrogen and oxygen atoms in total. The molecule has 0 bridgehead atoms. The molecule has 1 aromatic rings. The van der Waals surface area contributed by atoms with E-state index in [1.165, 1.54) is 0 Å². The van der Waals surface area contributed by atoms with E-state index in [1.54, 1.807) is 13.2 Å². The minimum absolute atomic E-state index is 0.0922. The number of carbonyl (C=O) groups is 1. The highest BCUT2D eigenvalue weighted by Gasteiger charge is 2.29. The smallest absolute Gasteiger partial charge is 0.252 e. The summed E-state index contributed by atoms with van der Waals surface area (Å²) in [5.74, 6) is 1.56. The van der Waals surface area contributed by atoms with Crippen molar-refractivity contribution in [2.45, 2.75) is 38.5 Å². The predicted octanol–water partition coefficient (Wildman–Crippen LogP) is 1.78. The van der Waals surface area contributed by atoms with Crippen molar-refractivity contribution in [3.8, 4) is 0 Å². The van der Waals surface area contributed by atoms with E-state index >= 15 is 0 Å². The molecule has 108 valence electrons. The molecule has 1 fully saturated rings. The third-order valence-electron chi connectivity index (χ3n) is 3.83.